The van der Waals surface area contributed by atoms with E-state index in [4.69, 9.17) is 9.84 Å². The Labute approximate surface area is 146 Å². The van der Waals surface area contributed by atoms with E-state index in [9.17, 15) is 18.0 Å². The average molecular weight is 370 g/mol. The summed E-state index contributed by atoms with van der Waals surface area (Å²) in [6.45, 7) is 0.789. The van der Waals surface area contributed by atoms with Crippen LogP contribution in [-0.4, -0.2) is 62.9 Å². The van der Waals surface area contributed by atoms with Gasteiger partial charge in [-0.25, -0.2) is 17.9 Å². The molecule has 1 amide bonds. The number of carboxylic acids is 1. The Balaban J connectivity index is 1.93. The van der Waals surface area contributed by atoms with E-state index in [-0.39, 0.29) is 30.3 Å². The summed E-state index contributed by atoms with van der Waals surface area (Å²) < 4.78 is 30.7. The first kappa shape index (κ1) is 19.4. The first-order valence-corrected chi connectivity index (χ1v) is 9.57. The van der Waals surface area contributed by atoms with Crippen molar-refractivity contribution in [1.29, 1.82) is 0 Å². The number of nitrogens with zero attached hydrogens (tertiary/aromatic N) is 1. The minimum Gasteiger partial charge on any atom is -0.478 e. The molecule has 2 rings (SSSR count). The molecule has 0 fully saturated rings. The van der Waals surface area contributed by atoms with E-state index in [2.05, 4.69) is 4.72 Å². The zero-order chi connectivity index (χ0) is 18.4. The zero-order valence-corrected chi connectivity index (χ0v) is 14.8. The highest BCUT2D eigenvalue weighted by atomic mass is 32.2. The molecular weight excluding hydrogens is 348 g/mol. The van der Waals surface area contributed by atoms with Gasteiger partial charge in [-0.3, -0.25) is 4.79 Å². The number of amides is 1. The molecule has 0 unspecified atom stereocenters. The number of carbonyl (C=O) groups excluding carboxylic acids is 1. The number of fused-ring (bicyclic) bond motifs is 1. The van der Waals surface area contributed by atoms with Crippen LogP contribution in [0.5, 0.6) is 0 Å². The Bertz CT molecular complexity index is 747. The van der Waals surface area contributed by atoms with Crippen LogP contribution in [0.15, 0.2) is 18.2 Å². The molecule has 1 aromatic rings. The van der Waals surface area contributed by atoms with Gasteiger partial charge in [-0.1, -0.05) is 6.07 Å². The van der Waals surface area contributed by atoms with Gasteiger partial charge in [0.1, 0.15) is 0 Å². The van der Waals surface area contributed by atoms with Crippen molar-refractivity contribution in [1.82, 2.24) is 9.62 Å². The molecule has 8 nitrogen and oxygen atoms in total. The quantitative estimate of drug-likeness (QED) is 0.633. The third-order valence-corrected chi connectivity index (χ3v) is 5.43. The largest absolute Gasteiger partial charge is 0.478 e. The van der Waals surface area contributed by atoms with Crippen molar-refractivity contribution in [2.45, 2.75) is 19.4 Å². The number of hydrogen-bond donors (Lipinski definition) is 2. The van der Waals surface area contributed by atoms with E-state index < -0.39 is 16.0 Å². The first-order chi connectivity index (χ1) is 11.8. The van der Waals surface area contributed by atoms with E-state index >= 15 is 0 Å². The molecule has 0 bridgehead atoms. The molecule has 9 heteroatoms. The Morgan fingerprint density at radius 1 is 1.32 bits per heavy atom. The molecule has 0 radical (unpaired) electrons. The Kier molecular flexibility index (Phi) is 6.51. The second-order valence-electron chi connectivity index (χ2n) is 5.84. The Hall–Kier alpha value is -1.97. The van der Waals surface area contributed by atoms with Crippen molar-refractivity contribution in [2.75, 3.05) is 32.6 Å². The van der Waals surface area contributed by atoms with Crippen LogP contribution in [0.25, 0.3) is 0 Å². The number of aromatic carboxylic acids is 1. The van der Waals surface area contributed by atoms with Gasteiger partial charge in [0, 0.05) is 26.8 Å². The van der Waals surface area contributed by atoms with Crippen molar-refractivity contribution in [3.63, 3.8) is 0 Å². The van der Waals surface area contributed by atoms with Crippen LogP contribution in [-0.2, 0) is 32.5 Å². The molecule has 25 heavy (non-hydrogen) atoms. The summed E-state index contributed by atoms with van der Waals surface area (Å²) in [7, 11) is -2.03. The fraction of sp³-hybridized carbons (Fsp3) is 0.500. The third kappa shape index (κ3) is 5.52. The van der Waals surface area contributed by atoms with E-state index in [1.807, 2.05) is 0 Å². The predicted octanol–water partition coefficient (Wildman–Crippen LogP) is 0.225. The maximum Gasteiger partial charge on any atom is 0.335 e. The standard InChI is InChI=1S/C16H22N2O6S/c1-24-7-2-8-25(22,23)17-10-15(19)18-6-5-12-3-4-13(16(20)21)9-14(12)11-18/h3-4,9,17H,2,5-8,10-11H2,1H3,(H,20,21). The lowest BCUT2D eigenvalue weighted by Gasteiger charge is -2.29. The summed E-state index contributed by atoms with van der Waals surface area (Å²) in [5, 5.41) is 9.06. The molecule has 1 aliphatic heterocycles. The first-order valence-electron chi connectivity index (χ1n) is 7.91. The highest BCUT2D eigenvalue weighted by Crippen LogP contribution is 2.20. The maximum absolute atomic E-state index is 12.3. The predicted molar refractivity (Wildman–Crippen MR) is 90.8 cm³/mol. The minimum atomic E-state index is -3.52. The summed E-state index contributed by atoms with van der Waals surface area (Å²) in [6.07, 6.45) is 0.969. The highest BCUT2D eigenvalue weighted by molar-refractivity contribution is 7.89. The number of carbonyl (C=O) groups is 2. The molecule has 0 spiro atoms. The van der Waals surface area contributed by atoms with Crippen molar-refractivity contribution >= 4 is 21.9 Å². The van der Waals surface area contributed by atoms with Gasteiger partial charge in [-0.2, -0.15) is 0 Å². The number of benzene rings is 1. The summed E-state index contributed by atoms with van der Waals surface area (Å²) in [5.41, 5.74) is 1.96. The number of rotatable bonds is 8. The molecule has 138 valence electrons. The molecule has 1 aromatic carbocycles. The lowest BCUT2D eigenvalue weighted by molar-refractivity contribution is -0.130. The molecule has 0 saturated heterocycles. The normalized spacial score (nSPS) is 14.2. The molecule has 0 aliphatic carbocycles. The van der Waals surface area contributed by atoms with Crippen molar-refractivity contribution in [3.8, 4) is 0 Å². The second kappa shape index (κ2) is 8.41. The van der Waals surface area contributed by atoms with Gasteiger partial charge in [0.25, 0.3) is 0 Å². The molecular formula is C16H22N2O6S. The Morgan fingerprint density at radius 3 is 2.76 bits per heavy atom. The van der Waals surface area contributed by atoms with Gasteiger partial charge < -0.3 is 14.7 Å². The maximum atomic E-state index is 12.3. The van der Waals surface area contributed by atoms with Crippen molar-refractivity contribution in [2.24, 2.45) is 0 Å². The topological polar surface area (TPSA) is 113 Å². The number of nitrogens with one attached hydrogen (secondary N) is 1. The monoisotopic (exact) mass is 370 g/mol. The number of carboxylic acid groups (broad SMARTS) is 1. The van der Waals surface area contributed by atoms with E-state index in [0.29, 0.717) is 26.0 Å². The van der Waals surface area contributed by atoms with Gasteiger partial charge in [-0.05, 0) is 36.1 Å². The van der Waals surface area contributed by atoms with Crippen molar-refractivity contribution < 1.29 is 27.9 Å². The van der Waals surface area contributed by atoms with Gasteiger partial charge in [0.05, 0.1) is 17.9 Å². The third-order valence-electron chi connectivity index (χ3n) is 4.02. The second-order valence-corrected chi connectivity index (χ2v) is 7.77. The minimum absolute atomic E-state index is 0.0983. The van der Waals surface area contributed by atoms with Crippen LogP contribution in [0.2, 0.25) is 0 Å². The fourth-order valence-electron chi connectivity index (χ4n) is 2.65. The van der Waals surface area contributed by atoms with Crippen LogP contribution in [0.4, 0.5) is 0 Å². The SMILES string of the molecule is COCCCS(=O)(=O)NCC(=O)N1CCc2ccc(C(=O)O)cc2C1. The fourth-order valence-corrected chi connectivity index (χ4v) is 3.64. The lowest BCUT2D eigenvalue weighted by atomic mass is 9.97. The number of hydrogen-bond acceptors (Lipinski definition) is 5. The van der Waals surface area contributed by atoms with Gasteiger partial charge in [0.15, 0.2) is 0 Å². The van der Waals surface area contributed by atoms with Crippen molar-refractivity contribution in [3.05, 3.63) is 34.9 Å². The van der Waals surface area contributed by atoms with Crippen LogP contribution in [0, 0.1) is 0 Å². The van der Waals surface area contributed by atoms with Crippen LogP contribution >= 0.6 is 0 Å². The average Bonchev–Trinajstić information content (AvgIpc) is 2.58. The molecule has 0 aromatic heterocycles. The van der Waals surface area contributed by atoms with E-state index in [1.165, 1.54) is 12.0 Å². The smallest absolute Gasteiger partial charge is 0.335 e. The molecule has 1 heterocycles. The van der Waals surface area contributed by atoms with Crippen LogP contribution in [0.1, 0.15) is 27.9 Å². The summed E-state index contributed by atoms with van der Waals surface area (Å²) >= 11 is 0. The van der Waals surface area contributed by atoms with Gasteiger partial charge in [0.2, 0.25) is 15.9 Å². The Morgan fingerprint density at radius 2 is 2.08 bits per heavy atom. The van der Waals surface area contributed by atoms with Crippen LogP contribution in [0.3, 0.4) is 0 Å². The zero-order valence-electron chi connectivity index (χ0n) is 14.0. The highest BCUT2D eigenvalue weighted by Gasteiger charge is 2.22. The molecule has 2 N–H and O–H groups in total. The van der Waals surface area contributed by atoms with Gasteiger partial charge in [-0.15, -0.1) is 0 Å². The summed E-state index contributed by atoms with van der Waals surface area (Å²) in [5.74, 6) is -1.45. The molecule has 0 saturated carbocycles. The molecule has 0 atom stereocenters. The number of methoxy groups -OCH3 is 1. The van der Waals surface area contributed by atoms with E-state index in [0.717, 1.165) is 11.1 Å². The lowest BCUT2D eigenvalue weighted by Crippen LogP contribution is -2.43. The van der Waals surface area contributed by atoms with Crippen LogP contribution < -0.4 is 4.72 Å². The van der Waals surface area contributed by atoms with Gasteiger partial charge >= 0.3 is 5.97 Å². The summed E-state index contributed by atoms with van der Waals surface area (Å²) in [6, 6.07) is 4.87. The molecule has 1 aliphatic rings. The number of sulfonamides is 1. The summed E-state index contributed by atoms with van der Waals surface area (Å²) in [4.78, 5) is 24.9. The number of ether oxygens (including phenoxy) is 1. The van der Waals surface area contributed by atoms with E-state index in [1.54, 1.807) is 18.2 Å².